The first-order valence-electron chi connectivity index (χ1n) is 6.68. The molecular formula is C14H15BrN4O2. The van der Waals surface area contributed by atoms with Gasteiger partial charge >= 0.3 is 0 Å². The SMILES string of the molecule is COCC1CCNC(=O)c2c(Br)c(-c3ccncc3)nn21. The number of pyridine rings is 1. The number of halogens is 1. The topological polar surface area (TPSA) is 69.0 Å². The molecule has 0 radical (unpaired) electrons. The lowest BCUT2D eigenvalue weighted by Gasteiger charge is -2.15. The Morgan fingerprint density at radius 1 is 1.48 bits per heavy atom. The van der Waals surface area contributed by atoms with E-state index in [1.165, 1.54) is 0 Å². The van der Waals surface area contributed by atoms with Gasteiger partial charge in [-0.1, -0.05) is 0 Å². The first-order valence-corrected chi connectivity index (χ1v) is 7.47. The van der Waals surface area contributed by atoms with Crippen molar-refractivity contribution in [2.45, 2.75) is 12.5 Å². The molecule has 110 valence electrons. The van der Waals surface area contributed by atoms with E-state index in [2.05, 4.69) is 31.3 Å². The molecule has 0 fully saturated rings. The third-order valence-electron chi connectivity index (χ3n) is 3.49. The molecule has 2 aromatic rings. The summed E-state index contributed by atoms with van der Waals surface area (Å²) in [5, 5.41) is 7.53. The lowest BCUT2D eigenvalue weighted by molar-refractivity contribution is 0.0948. The number of hydrogen-bond donors (Lipinski definition) is 1. The maximum Gasteiger partial charge on any atom is 0.270 e. The van der Waals surface area contributed by atoms with Gasteiger partial charge in [0.15, 0.2) is 0 Å². The van der Waals surface area contributed by atoms with Crippen LogP contribution < -0.4 is 5.32 Å². The molecule has 1 aliphatic heterocycles. The van der Waals surface area contributed by atoms with Crippen molar-refractivity contribution >= 4 is 21.8 Å². The number of carbonyl (C=O) groups excluding carboxylic acids is 1. The summed E-state index contributed by atoms with van der Waals surface area (Å²) in [5.74, 6) is -0.117. The molecule has 6 nitrogen and oxygen atoms in total. The van der Waals surface area contributed by atoms with Crippen LogP contribution in [0.2, 0.25) is 0 Å². The quantitative estimate of drug-likeness (QED) is 0.919. The second kappa shape index (κ2) is 5.95. The fourth-order valence-corrected chi connectivity index (χ4v) is 3.15. The van der Waals surface area contributed by atoms with Gasteiger partial charge in [0.1, 0.15) is 11.4 Å². The van der Waals surface area contributed by atoms with Crippen LogP contribution in [-0.4, -0.2) is 40.9 Å². The zero-order valence-corrected chi connectivity index (χ0v) is 13.1. The first-order chi connectivity index (χ1) is 10.2. The maximum atomic E-state index is 12.3. The molecule has 0 bridgehead atoms. The number of ether oxygens (including phenoxy) is 1. The summed E-state index contributed by atoms with van der Waals surface area (Å²) < 4.78 is 7.73. The average Bonchev–Trinajstić information content (AvgIpc) is 2.76. The Hall–Kier alpha value is -1.73. The highest BCUT2D eigenvalue weighted by atomic mass is 79.9. The van der Waals surface area contributed by atoms with E-state index in [4.69, 9.17) is 4.74 Å². The number of hydrogen-bond acceptors (Lipinski definition) is 4. The third-order valence-corrected chi connectivity index (χ3v) is 4.24. The van der Waals surface area contributed by atoms with Gasteiger partial charge in [-0.05, 0) is 34.5 Å². The van der Waals surface area contributed by atoms with Gasteiger partial charge in [-0.3, -0.25) is 14.5 Å². The standard InChI is InChI=1S/C14H15BrN4O2/c1-21-8-10-4-7-17-14(20)13-11(15)12(18-19(10)13)9-2-5-16-6-3-9/h2-3,5-6,10H,4,7-8H2,1H3,(H,17,20). The van der Waals surface area contributed by atoms with E-state index in [0.717, 1.165) is 17.7 Å². The van der Waals surface area contributed by atoms with Gasteiger partial charge < -0.3 is 10.1 Å². The van der Waals surface area contributed by atoms with Crippen LogP contribution in [-0.2, 0) is 4.74 Å². The molecule has 21 heavy (non-hydrogen) atoms. The van der Waals surface area contributed by atoms with Gasteiger partial charge in [0.25, 0.3) is 5.91 Å². The van der Waals surface area contributed by atoms with Crippen LogP contribution in [0.1, 0.15) is 23.0 Å². The normalized spacial score (nSPS) is 18.0. The molecule has 1 aliphatic rings. The van der Waals surface area contributed by atoms with Gasteiger partial charge in [0, 0.05) is 31.6 Å². The summed E-state index contributed by atoms with van der Waals surface area (Å²) >= 11 is 3.52. The zero-order valence-electron chi connectivity index (χ0n) is 11.5. The fourth-order valence-electron chi connectivity index (χ4n) is 2.48. The number of fused-ring (bicyclic) bond motifs is 1. The predicted octanol–water partition coefficient (Wildman–Crippen LogP) is 2.03. The Morgan fingerprint density at radius 2 is 2.24 bits per heavy atom. The maximum absolute atomic E-state index is 12.3. The van der Waals surface area contributed by atoms with Crippen molar-refractivity contribution in [1.82, 2.24) is 20.1 Å². The van der Waals surface area contributed by atoms with Gasteiger partial charge in [-0.15, -0.1) is 0 Å². The van der Waals surface area contributed by atoms with Gasteiger partial charge in [-0.25, -0.2) is 0 Å². The average molecular weight is 351 g/mol. The van der Waals surface area contributed by atoms with Crippen molar-refractivity contribution in [2.75, 3.05) is 20.3 Å². The number of aromatic nitrogens is 3. The smallest absolute Gasteiger partial charge is 0.270 e. The summed E-state index contributed by atoms with van der Waals surface area (Å²) in [5.41, 5.74) is 2.20. The molecule has 0 saturated heterocycles. The van der Waals surface area contributed by atoms with E-state index in [0.29, 0.717) is 23.3 Å². The van der Waals surface area contributed by atoms with Crippen LogP contribution >= 0.6 is 15.9 Å². The minimum Gasteiger partial charge on any atom is -0.382 e. The van der Waals surface area contributed by atoms with Crippen molar-refractivity contribution in [2.24, 2.45) is 0 Å². The number of amides is 1. The molecule has 1 N–H and O–H groups in total. The van der Waals surface area contributed by atoms with E-state index >= 15 is 0 Å². The van der Waals surface area contributed by atoms with Gasteiger partial charge in [-0.2, -0.15) is 5.10 Å². The van der Waals surface area contributed by atoms with Crippen molar-refractivity contribution in [1.29, 1.82) is 0 Å². The molecular weight excluding hydrogens is 336 g/mol. The minimum atomic E-state index is -0.117. The van der Waals surface area contributed by atoms with E-state index < -0.39 is 0 Å². The van der Waals surface area contributed by atoms with Gasteiger partial charge in [0.05, 0.1) is 17.1 Å². The van der Waals surface area contributed by atoms with Crippen LogP contribution in [0, 0.1) is 0 Å². The number of rotatable bonds is 3. The highest BCUT2D eigenvalue weighted by Gasteiger charge is 2.29. The Morgan fingerprint density at radius 3 is 2.95 bits per heavy atom. The van der Waals surface area contributed by atoms with E-state index in [-0.39, 0.29) is 11.9 Å². The Kier molecular flexibility index (Phi) is 4.03. The van der Waals surface area contributed by atoms with E-state index in [1.807, 2.05) is 12.1 Å². The monoisotopic (exact) mass is 350 g/mol. The van der Waals surface area contributed by atoms with Crippen LogP contribution in [0.3, 0.4) is 0 Å². The number of nitrogens with one attached hydrogen (secondary N) is 1. The predicted molar refractivity (Wildman–Crippen MR) is 81.0 cm³/mol. The van der Waals surface area contributed by atoms with Gasteiger partial charge in [0.2, 0.25) is 0 Å². The van der Waals surface area contributed by atoms with Crippen LogP contribution in [0.15, 0.2) is 29.0 Å². The van der Waals surface area contributed by atoms with Crippen molar-refractivity contribution < 1.29 is 9.53 Å². The second-order valence-corrected chi connectivity index (χ2v) is 5.64. The van der Waals surface area contributed by atoms with E-state index in [1.54, 1.807) is 24.2 Å². The third kappa shape index (κ3) is 2.58. The lowest BCUT2D eigenvalue weighted by Crippen LogP contribution is -2.23. The molecule has 0 aromatic carbocycles. The lowest BCUT2D eigenvalue weighted by atomic mass is 10.2. The fraction of sp³-hybridized carbons (Fsp3) is 0.357. The van der Waals surface area contributed by atoms with Crippen molar-refractivity contribution in [3.05, 3.63) is 34.7 Å². The Labute approximate surface area is 130 Å². The van der Waals surface area contributed by atoms with Crippen LogP contribution in [0.25, 0.3) is 11.3 Å². The number of nitrogens with zero attached hydrogens (tertiary/aromatic N) is 3. The van der Waals surface area contributed by atoms with Crippen molar-refractivity contribution in [3.63, 3.8) is 0 Å². The molecule has 2 aromatic heterocycles. The molecule has 0 saturated carbocycles. The highest BCUT2D eigenvalue weighted by molar-refractivity contribution is 9.10. The Balaban J connectivity index is 2.13. The van der Waals surface area contributed by atoms with Crippen molar-refractivity contribution in [3.8, 4) is 11.3 Å². The summed E-state index contributed by atoms with van der Waals surface area (Å²) in [6.45, 7) is 1.14. The molecule has 0 spiro atoms. The summed E-state index contributed by atoms with van der Waals surface area (Å²) in [7, 11) is 1.65. The largest absolute Gasteiger partial charge is 0.382 e. The summed E-state index contributed by atoms with van der Waals surface area (Å²) in [6, 6.07) is 3.78. The number of carbonyl (C=O) groups is 1. The molecule has 1 unspecified atom stereocenters. The zero-order chi connectivity index (χ0) is 14.8. The summed E-state index contributed by atoms with van der Waals surface area (Å²) in [4.78, 5) is 16.3. The van der Waals surface area contributed by atoms with Crippen LogP contribution in [0.4, 0.5) is 0 Å². The second-order valence-electron chi connectivity index (χ2n) is 4.85. The number of methoxy groups -OCH3 is 1. The van der Waals surface area contributed by atoms with E-state index in [9.17, 15) is 4.79 Å². The molecule has 7 heteroatoms. The Bertz CT molecular complexity index is 656. The van der Waals surface area contributed by atoms with Crippen LogP contribution in [0.5, 0.6) is 0 Å². The minimum absolute atomic E-state index is 0.0378. The summed E-state index contributed by atoms with van der Waals surface area (Å²) in [6.07, 6.45) is 4.20. The molecule has 0 aliphatic carbocycles. The molecule has 3 heterocycles. The molecule has 1 amide bonds. The molecule has 1 atom stereocenters. The first kappa shape index (κ1) is 14.2. The molecule has 3 rings (SSSR count). The highest BCUT2D eigenvalue weighted by Crippen LogP contribution is 2.33.